The Kier molecular flexibility index (Phi) is 11.9. The van der Waals surface area contributed by atoms with Crippen molar-refractivity contribution in [2.24, 2.45) is 17.8 Å². The van der Waals surface area contributed by atoms with Crippen LogP contribution in [0.15, 0.2) is 23.9 Å². The number of carbonyl (C=O) groups is 2. The van der Waals surface area contributed by atoms with Crippen molar-refractivity contribution in [3.05, 3.63) is 95.4 Å². The molecule has 3 aliphatic rings. The van der Waals surface area contributed by atoms with E-state index < -0.39 is 17.9 Å². The topological polar surface area (TPSA) is 131 Å². The third-order valence-electron chi connectivity index (χ3n) is 11.1. The summed E-state index contributed by atoms with van der Waals surface area (Å²) >= 11 is 0. The molecule has 3 aromatic rings. The third-order valence-corrected chi connectivity index (χ3v) is 11.1. The molecule has 8 bridgehead atoms. The second kappa shape index (κ2) is 15.8. The van der Waals surface area contributed by atoms with Crippen molar-refractivity contribution >= 4 is 70.6 Å². The maximum atomic E-state index is 13.5. The van der Waals surface area contributed by atoms with E-state index in [9.17, 15) is 14.7 Å². The number of carbonyl (C=O) groups excluding carboxylic acids is 2. The summed E-state index contributed by atoms with van der Waals surface area (Å²) in [5.74, 6) is -2.30. The van der Waals surface area contributed by atoms with E-state index in [1.807, 2.05) is 45.1 Å². The van der Waals surface area contributed by atoms with E-state index in [0.717, 1.165) is 74.9 Å². The number of H-pyrrole nitrogens is 1. The standard InChI is InChI=1S/C42H49N4O5.Mg/c1-10-13-21(4)16-17-51-35(47)15-14-28-24(7)31-18-29-22(5)26(11-2)33(43-29)19-30-23(6)27(12-3)34(44-30)20-32-25(8)36-40(46-32)37(39(28)45-31)38(41(36)48)42(49)50-9;/h11,16,18-20,24,28,38-39,44,48H,2,10,12-15,17H2,1,3-9H3;/q-3;+2/b21-16-,30-19-,31-18+,34-20-;/t24-,28-,38+,39?;/m0./s1. The van der Waals surface area contributed by atoms with E-state index >= 15 is 0 Å². The predicted molar refractivity (Wildman–Crippen MR) is 207 cm³/mol. The molecule has 270 valence electrons. The van der Waals surface area contributed by atoms with Crippen LogP contribution >= 0.6 is 0 Å². The molecule has 0 saturated carbocycles. The zero-order valence-electron chi connectivity index (χ0n) is 31.8. The van der Waals surface area contributed by atoms with Crippen molar-refractivity contribution in [2.45, 2.75) is 86.6 Å². The zero-order valence-corrected chi connectivity index (χ0v) is 33.2. The second-order valence-electron chi connectivity index (χ2n) is 14.1. The maximum Gasteiger partial charge on any atom is 2.00 e. The van der Waals surface area contributed by atoms with E-state index in [0.29, 0.717) is 28.3 Å². The molecule has 0 amide bonds. The van der Waals surface area contributed by atoms with Crippen LogP contribution < -0.4 is 31.2 Å². The number of nitrogens with zero attached hydrogens (tertiary/aromatic N) is 3. The van der Waals surface area contributed by atoms with Crippen LogP contribution in [0, 0.1) is 38.5 Å². The number of ether oxygens (including phenoxy) is 2. The molecular weight excluding hydrogens is 665 g/mol. The first-order valence-corrected chi connectivity index (χ1v) is 18.1. The molecule has 52 heavy (non-hydrogen) atoms. The van der Waals surface area contributed by atoms with Crippen molar-refractivity contribution in [2.75, 3.05) is 13.7 Å². The van der Waals surface area contributed by atoms with Gasteiger partial charge < -0.3 is 34.8 Å². The fraction of sp³-hybridized carbons (Fsp3) is 0.429. The van der Waals surface area contributed by atoms with Crippen molar-refractivity contribution in [1.82, 2.24) is 15.0 Å². The van der Waals surface area contributed by atoms with E-state index in [4.69, 9.17) is 24.8 Å². The fourth-order valence-corrected chi connectivity index (χ4v) is 8.13. The molecule has 0 aromatic carbocycles. The molecule has 4 atom stereocenters. The summed E-state index contributed by atoms with van der Waals surface area (Å²) in [5, 5.41) is 20.1. The van der Waals surface area contributed by atoms with Gasteiger partial charge in [0.25, 0.3) is 0 Å². The first-order chi connectivity index (χ1) is 24.4. The van der Waals surface area contributed by atoms with Gasteiger partial charge in [-0.1, -0.05) is 86.4 Å². The molecule has 1 aliphatic carbocycles. The summed E-state index contributed by atoms with van der Waals surface area (Å²) < 4.78 is 10.9. The predicted octanol–water partition coefficient (Wildman–Crippen LogP) is 4.39. The van der Waals surface area contributed by atoms with Crippen molar-refractivity contribution in [3.63, 3.8) is 0 Å². The van der Waals surface area contributed by atoms with Gasteiger partial charge in [-0.05, 0) is 81.6 Å². The van der Waals surface area contributed by atoms with E-state index in [1.165, 1.54) is 12.7 Å². The summed E-state index contributed by atoms with van der Waals surface area (Å²) in [6.45, 7) is 18.8. The molecule has 9 nitrogen and oxygen atoms in total. The Bertz CT molecular complexity index is 2230. The first kappa shape index (κ1) is 39.1. The SMILES string of the molecule is C=Cc1c2[n-]c(c1C)/C=C1/[N-]C(C3=c4[n-]c(c(C)c4=C(O)[C@@H]3C(=O)OC)/C=c3\[nH]/c(c(C)c3CC)=C\2)[C@@H](CCC(=O)OC/C=C(/C)CCC)[C@@H]1C.[Mg+2]. The molecule has 10 heteroatoms. The van der Waals surface area contributed by atoms with Gasteiger partial charge >= 0.3 is 35.0 Å². The summed E-state index contributed by atoms with van der Waals surface area (Å²) in [6, 6.07) is -0.556. The van der Waals surface area contributed by atoms with Gasteiger partial charge in [0.05, 0.1) is 7.11 Å². The minimum absolute atomic E-state index is 0. The molecule has 1 fully saturated rings. The van der Waals surface area contributed by atoms with Crippen LogP contribution in [-0.4, -0.2) is 64.8 Å². The molecule has 0 radical (unpaired) electrons. The Morgan fingerprint density at radius 1 is 1.00 bits per heavy atom. The molecule has 2 N–H and O–H groups in total. The van der Waals surface area contributed by atoms with Gasteiger partial charge in [0, 0.05) is 22.3 Å². The van der Waals surface area contributed by atoms with Gasteiger partial charge in [-0.3, -0.25) is 9.59 Å². The van der Waals surface area contributed by atoms with Crippen molar-refractivity contribution < 1.29 is 24.2 Å². The number of allylic oxidation sites excluding steroid dienone is 2. The first-order valence-electron chi connectivity index (χ1n) is 18.1. The number of fused-ring (bicyclic) bond motifs is 8. The number of hydrogen-bond acceptors (Lipinski definition) is 5. The Hall–Kier alpha value is -4.15. The summed E-state index contributed by atoms with van der Waals surface area (Å²) in [4.78, 5) is 40.4. The second-order valence-corrected chi connectivity index (χ2v) is 14.1. The normalized spacial score (nSPS) is 22.7. The average Bonchev–Trinajstić information content (AvgIpc) is 3.84. The number of methoxy groups -OCH3 is 1. The van der Waals surface area contributed by atoms with Crippen LogP contribution in [0.3, 0.4) is 0 Å². The Labute approximate surface area is 321 Å². The quantitative estimate of drug-likeness (QED) is 0.181. The Morgan fingerprint density at radius 2 is 1.71 bits per heavy atom. The number of aromatic nitrogens is 3. The number of nitrogens with one attached hydrogen (secondary N) is 1. The molecule has 5 heterocycles. The largest absolute Gasteiger partial charge is 2.00 e. The minimum Gasteiger partial charge on any atom is -0.681 e. The number of aliphatic hydroxyl groups is 1. The number of esters is 2. The van der Waals surface area contributed by atoms with Crippen LogP contribution in [0.5, 0.6) is 0 Å². The monoisotopic (exact) mass is 713 g/mol. The van der Waals surface area contributed by atoms with Gasteiger partial charge in [0.1, 0.15) is 18.3 Å². The van der Waals surface area contributed by atoms with Gasteiger partial charge in [-0.25, -0.2) is 0 Å². The zero-order chi connectivity index (χ0) is 36.7. The van der Waals surface area contributed by atoms with Crippen LogP contribution in [0.4, 0.5) is 0 Å². The van der Waals surface area contributed by atoms with Gasteiger partial charge in [0.2, 0.25) is 0 Å². The maximum absolute atomic E-state index is 13.5. The van der Waals surface area contributed by atoms with Crippen molar-refractivity contribution in [3.8, 4) is 0 Å². The number of aliphatic hydroxyl groups excluding tert-OH is 1. The molecule has 1 unspecified atom stereocenters. The van der Waals surface area contributed by atoms with Crippen LogP contribution in [0.1, 0.15) is 98.3 Å². The van der Waals surface area contributed by atoms with Gasteiger partial charge in [-0.15, -0.1) is 22.4 Å². The number of rotatable bonds is 10. The molecule has 0 spiro atoms. The van der Waals surface area contributed by atoms with Crippen molar-refractivity contribution in [1.29, 1.82) is 0 Å². The number of hydrogen-bond donors (Lipinski definition) is 2. The third kappa shape index (κ3) is 6.87. The molecular formula is C42H49MgN4O5-. The fourth-order valence-electron chi connectivity index (χ4n) is 8.13. The summed E-state index contributed by atoms with van der Waals surface area (Å²) in [5.41, 5.74) is 9.90. The Morgan fingerprint density at radius 3 is 2.38 bits per heavy atom. The molecule has 3 aromatic heterocycles. The van der Waals surface area contributed by atoms with E-state index in [1.54, 1.807) is 0 Å². The van der Waals surface area contributed by atoms with Gasteiger partial charge in [-0.2, -0.15) is 5.70 Å². The smallest absolute Gasteiger partial charge is 0.681 e. The number of aromatic amines is 1. The van der Waals surface area contributed by atoms with E-state index in [2.05, 4.69) is 45.3 Å². The molecule has 2 aliphatic heterocycles. The summed E-state index contributed by atoms with van der Waals surface area (Å²) in [6.07, 6.45) is 13.4. The molecule has 6 rings (SSSR count). The van der Waals surface area contributed by atoms with Crippen LogP contribution in [0.25, 0.3) is 41.0 Å². The van der Waals surface area contributed by atoms with Gasteiger partial charge in [0.15, 0.2) is 0 Å². The minimum atomic E-state index is -1.06. The Balaban J connectivity index is 0.00000523. The average molecular weight is 714 g/mol. The molecule has 1 saturated heterocycles. The summed E-state index contributed by atoms with van der Waals surface area (Å²) in [7, 11) is 1.32. The van der Waals surface area contributed by atoms with Crippen LogP contribution in [-0.2, 0) is 25.5 Å². The van der Waals surface area contributed by atoms with E-state index in [-0.39, 0.29) is 59.6 Å². The van der Waals surface area contributed by atoms with Crippen LogP contribution in [0.2, 0.25) is 0 Å².